The normalized spacial score (nSPS) is 9.90. The number of alkyl halides is 1. The lowest BCUT2D eigenvalue weighted by molar-refractivity contribution is 0.304. The zero-order valence-electron chi connectivity index (χ0n) is 10.8. The molecule has 21 heavy (non-hydrogen) atoms. The maximum absolute atomic E-state index is 13.8. The van der Waals surface area contributed by atoms with Crippen molar-refractivity contribution >= 4 is 34.8 Å². The van der Waals surface area contributed by atoms with Crippen LogP contribution in [-0.4, -0.2) is 5.88 Å². The third-order valence-electron chi connectivity index (χ3n) is 2.63. The summed E-state index contributed by atoms with van der Waals surface area (Å²) < 4.78 is 19.3. The lowest BCUT2D eigenvalue weighted by Crippen LogP contribution is -1.97. The first kappa shape index (κ1) is 16.0. The molecule has 0 atom stereocenters. The largest absolute Gasteiger partial charge is 0.489 e. The topological polar surface area (TPSA) is 9.23 Å². The van der Waals surface area contributed by atoms with Gasteiger partial charge in [0.2, 0.25) is 0 Å². The fourth-order valence-corrected chi connectivity index (χ4v) is 2.06. The Labute approximate surface area is 137 Å². The number of halogens is 4. The molecular weight excluding hydrogens is 334 g/mol. The first-order chi connectivity index (χ1) is 10.1. The summed E-state index contributed by atoms with van der Waals surface area (Å²) in [7, 11) is 0. The van der Waals surface area contributed by atoms with Crippen LogP contribution in [0.2, 0.25) is 10.0 Å². The van der Waals surface area contributed by atoms with E-state index in [4.69, 9.17) is 39.5 Å². The average molecular weight is 344 g/mol. The van der Waals surface area contributed by atoms with Gasteiger partial charge in [-0.25, -0.2) is 4.39 Å². The highest BCUT2D eigenvalue weighted by Crippen LogP contribution is 2.23. The van der Waals surface area contributed by atoms with Crippen LogP contribution in [-0.2, 0) is 6.61 Å². The van der Waals surface area contributed by atoms with Crippen LogP contribution in [0.4, 0.5) is 4.39 Å². The molecule has 5 heteroatoms. The molecular formula is C16H10Cl3FO. The van der Waals surface area contributed by atoms with Gasteiger partial charge in [0.15, 0.2) is 0 Å². The smallest absolute Gasteiger partial charge is 0.142 e. The lowest BCUT2D eigenvalue weighted by Gasteiger charge is -2.08. The standard InChI is InChI=1S/C16H10Cl3FO/c17-7-1-2-11-3-5-14(9-16(11)20)21-10-12-8-13(18)4-6-15(12)19/h3-6,8-9H,7,10H2. The molecule has 2 rings (SSSR count). The highest BCUT2D eigenvalue weighted by molar-refractivity contribution is 6.33. The minimum atomic E-state index is -0.456. The molecule has 0 spiro atoms. The summed E-state index contributed by atoms with van der Waals surface area (Å²) in [6.07, 6.45) is 0. The summed E-state index contributed by atoms with van der Waals surface area (Å²) in [5.74, 6) is 5.32. The Morgan fingerprint density at radius 2 is 1.90 bits per heavy atom. The molecule has 0 bridgehead atoms. The van der Waals surface area contributed by atoms with Crippen LogP contribution in [0.3, 0.4) is 0 Å². The first-order valence-electron chi connectivity index (χ1n) is 6.01. The van der Waals surface area contributed by atoms with Gasteiger partial charge in [-0.2, -0.15) is 0 Å². The molecule has 108 valence electrons. The fraction of sp³-hybridized carbons (Fsp3) is 0.125. The van der Waals surface area contributed by atoms with Gasteiger partial charge in [0.05, 0.1) is 11.4 Å². The molecule has 2 aromatic carbocycles. The average Bonchev–Trinajstić information content (AvgIpc) is 2.47. The summed E-state index contributed by atoms with van der Waals surface area (Å²) >= 11 is 17.4. The predicted octanol–water partition coefficient (Wildman–Crippen LogP) is 5.30. The molecule has 0 radical (unpaired) electrons. The summed E-state index contributed by atoms with van der Waals surface area (Å²) in [4.78, 5) is 0. The molecule has 0 aliphatic carbocycles. The number of benzene rings is 2. The summed E-state index contributed by atoms with van der Waals surface area (Å²) in [5.41, 5.74) is 1.01. The highest BCUT2D eigenvalue weighted by Gasteiger charge is 2.05. The molecule has 0 saturated carbocycles. The summed E-state index contributed by atoms with van der Waals surface area (Å²) in [6, 6.07) is 9.55. The third-order valence-corrected chi connectivity index (χ3v) is 3.37. The molecule has 0 unspecified atom stereocenters. The molecule has 0 N–H and O–H groups in total. The van der Waals surface area contributed by atoms with Crippen LogP contribution in [0.5, 0.6) is 5.75 Å². The van der Waals surface area contributed by atoms with Gasteiger partial charge in [-0.1, -0.05) is 35.0 Å². The first-order valence-corrected chi connectivity index (χ1v) is 7.30. The SMILES string of the molecule is Fc1cc(OCc2cc(Cl)ccc2Cl)ccc1C#CCCl. The van der Waals surface area contributed by atoms with Crippen LogP contribution < -0.4 is 4.74 Å². The van der Waals surface area contributed by atoms with Crippen LogP contribution >= 0.6 is 34.8 Å². The van der Waals surface area contributed by atoms with Gasteiger partial charge in [0.1, 0.15) is 18.2 Å². The minimum Gasteiger partial charge on any atom is -0.489 e. The maximum Gasteiger partial charge on any atom is 0.142 e. The summed E-state index contributed by atoms with van der Waals surface area (Å²) in [5, 5.41) is 1.11. The van der Waals surface area contributed by atoms with E-state index in [-0.39, 0.29) is 18.1 Å². The molecule has 2 aromatic rings. The molecule has 0 aromatic heterocycles. The molecule has 0 fully saturated rings. The fourth-order valence-electron chi connectivity index (χ4n) is 1.63. The van der Waals surface area contributed by atoms with Crippen molar-refractivity contribution in [3.05, 3.63) is 63.4 Å². The molecule has 0 aliphatic heterocycles. The molecule has 0 aliphatic rings. The number of ether oxygens (including phenoxy) is 1. The van der Waals surface area contributed by atoms with Gasteiger partial charge in [-0.05, 0) is 30.3 Å². The van der Waals surface area contributed by atoms with Crippen LogP contribution in [0.1, 0.15) is 11.1 Å². The van der Waals surface area contributed by atoms with E-state index in [0.29, 0.717) is 15.8 Å². The van der Waals surface area contributed by atoms with Crippen molar-refractivity contribution in [3.8, 4) is 17.6 Å². The van der Waals surface area contributed by atoms with E-state index >= 15 is 0 Å². The van der Waals surface area contributed by atoms with Crippen LogP contribution in [0.15, 0.2) is 36.4 Å². The van der Waals surface area contributed by atoms with Gasteiger partial charge in [-0.15, -0.1) is 11.6 Å². The second-order valence-corrected chi connectivity index (χ2v) is 5.21. The van der Waals surface area contributed by atoms with Crippen molar-refractivity contribution in [3.63, 3.8) is 0 Å². The monoisotopic (exact) mass is 342 g/mol. The quantitative estimate of drug-likeness (QED) is 0.542. The second-order valence-electron chi connectivity index (χ2n) is 4.10. The highest BCUT2D eigenvalue weighted by atomic mass is 35.5. The van der Waals surface area contributed by atoms with Crippen molar-refractivity contribution in [1.82, 2.24) is 0 Å². The Kier molecular flexibility index (Phi) is 5.76. The number of rotatable bonds is 3. The predicted molar refractivity (Wildman–Crippen MR) is 84.8 cm³/mol. The third kappa shape index (κ3) is 4.54. The Bertz CT molecular complexity index is 704. The van der Waals surface area contributed by atoms with E-state index in [9.17, 15) is 4.39 Å². The zero-order valence-corrected chi connectivity index (χ0v) is 13.1. The van der Waals surface area contributed by atoms with E-state index in [1.807, 2.05) is 0 Å². The van der Waals surface area contributed by atoms with Gasteiger partial charge in [-0.3, -0.25) is 0 Å². The molecule has 0 heterocycles. The van der Waals surface area contributed by atoms with Crippen molar-refractivity contribution in [2.75, 3.05) is 5.88 Å². The van der Waals surface area contributed by atoms with E-state index in [1.54, 1.807) is 30.3 Å². The van der Waals surface area contributed by atoms with Crippen molar-refractivity contribution in [2.24, 2.45) is 0 Å². The Balaban J connectivity index is 2.10. The van der Waals surface area contributed by atoms with Crippen molar-refractivity contribution in [2.45, 2.75) is 6.61 Å². The Hall–Kier alpha value is -1.40. The van der Waals surface area contributed by atoms with Crippen molar-refractivity contribution < 1.29 is 9.13 Å². The van der Waals surface area contributed by atoms with Gasteiger partial charge in [0.25, 0.3) is 0 Å². The van der Waals surface area contributed by atoms with Crippen LogP contribution in [0, 0.1) is 17.7 Å². The zero-order chi connectivity index (χ0) is 15.2. The van der Waals surface area contributed by atoms with E-state index in [2.05, 4.69) is 11.8 Å². The molecule has 1 nitrogen and oxygen atoms in total. The van der Waals surface area contributed by atoms with E-state index < -0.39 is 5.82 Å². The van der Waals surface area contributed by atoms with Gasteiger partial charge >= 0.3 is 0 Å². The van der Waals surface area contributed by atoms with Gasteiger partial charge < -0.3 is 4.74 Å². The molecule has 0 amide bonds. The van der Waals surface area contributed by atoms with E-state index in [1.165, 1.54) is 6.07 Å². The molecule has 0 saturated heterocycles. The Morgan fingerprint density at radius 3 is 2.62 bits per heavy atom. The number of hydrogen-bond donors (Lipinski definition) is 0. The van der Waals surface area contributed by atoms with Crippen LogP contribution in [0.25, 0.3) is 0 Å². The van der Waals surface area contributed by atoms with E-state index in [0.717, 1.165) is 5.56 Å². The minimum absolute atomic E-state index is 0.158. The summed E-state index contributed by atoms with van der Waals surface area (Å²) in [6.45, 7) is 0.200. The van der Waals surface area contributed by atoms with Gasteiger partial charge in [0, 0.05) is 21.7 Å². The number of hydrogen-bond acceptors (Lipinski definition) is 1. The lowest BCUT2D eigenvalue weighted by atomic mass is 10.2. The maximum atomic E-state index is 13.8. The van der Waals surface area contributed by atoms with Crippen molar-refractivity contribution in [1.29, 1.82) is 0 Å². The second kappa shape index (κ2) is 7.56. The Morgan fingerprint density at radius 1 is 1.10 bits per heavy atom.